The highest BCUT2D eigenvalue weighted by Gasteiger charge is 2.33. The van der Waals surface area contributed by atoms with Crippen LogP contribution in [0.2, 0.25) is 0 Å². The van der Waals surface area contributed by atoms with Crippen LogP contribution < -0.4 is 0 Å². The molecule has 0 aromatic carbocycles. The van der Waals surface area contributed by atoms with Gasteiger partial charge in [0.2, 0.25) is 0 Å². The van der Waals surface area contributed by atoms with Crippen molar-refractivity contribution in [2.45, 2.75) is 58.5 Å². The number of carbonyl (C=O) groups is 1. The van der Waals surface area contributed by atoms with E-state index < -0.39 is 0 Å². The van der Waals surface area contributed by atoms with Gasteiger partial charge in [0.05, 0.1) is 0 Å². The number of rotatable bonds is 1. The van der Waals surface area contributed by atoms with Crippen LogP contribution in [-0.2, 0) is 4.79 Å². The zero-order chi connectivity index (χ0) is 10.9. The van der Waals surface area contributed by atoms with Crippen LogP contribution >= 0.6 is 0 Å². The molecule has 0 spiro atoms. The first-order chi connectivity index (χ1) is 6.32. The fourth-order valence-corrected chi connectivity index (χ4v) is 2.13. The first-order valence-corrected chi connectivity index (χ1v) is 5.57. The zero-order valence-electron chi connectivity index (χ0n) is 10.1. The minimum Gasteiger partial charge on any atom is -0.300 e. The van der Waals surface area contributed by atoms with Crippen LogP contribution in [-0.4, -0.2) is 29.3 Å². The summed E-state index contributed by atoms with van der Waals surface area (Å²) in [7, 11) is 2.14. The highest BCUT2D eigenvalue weighted by molar-refractivity contribution is 5.79. The number of hydrogen-bond acceptors (Lipinski definition) is 2. The fourth-order valence-electron chi connectivity index (χ4n) is 2.13. The number of carbonyl (C=O) groups excluding carboxylic acids is 1. The van der Waals surface area contributed by atoms with Crippen LogP contribution in [0.15, 0.2) is 0 Å². The largest absolute Gasteiger partial charge is 0.300 e. The first-order valence-electron chi connectivity index (χ1n) is 5.57. The van der Waals surface area contributed by atoms with Crippen molar-refractivity contribution in [2.24, 2.45) is 5.92 Å². The highest BCUT2D eigenvalue weighted by atomic mass is 16.1. The molecule has 1 saturated carbocycles. The quantitative estimate of drug-likeness (QED) is 0.643. The molecule has 1 rings (SSSR count). The van der Waals surface area contributed by atoms with E-state index in [9.17, 15) is 4.79 Å². The van der Waals surface area contributed by atoms with Gasteiger partial charge in [0.25, 0.3) is 0 Å². The molecule has 0 amide bonds. The van der Waals surface area contributed by atoms with Gasteiger partial charge in [-0.3, -0.25) is 9.69 Å². The summed E-state index contributed by atoms with van der Waals surface area (Å²) in [4.78, 5) is 13.8. The van der Waals surface area contributed by atoms with E-state index in [-0.39, 0.29) is 5.54 Å². The van der Waals surface area contributed by atoms with Crippen LogP contribution in [0, 0.1) is 5.92 Å². The van der Waals surface area contributed by atoms with E-state index in [1.54, 1.807) is 0 Å². The monoisotopic (exact) mass is 197 g/mol. The lowest BCUT2D eigenvalue weighted by Crippen LogP contribution is -2.50. The Bertz CT molecular complexity index is 217. The molecule has 1 aliphatic rings. The van der Waals surface area contributed by atoms with E-state index in [1.807, 2.05) is 0 Å². The zero-order valence-corrected chi connectivity index (χ0v) is 10.1. The molecule has 0 radical (unpaired) electrons. The summed E-state index contributed by atoms with van der Waals surface area (Å²) in [6, 6.07) is 0.441. The Morgan fingerprint density at radius 3 is 2.43 bits per heavy atom. The Morgan fingerprint density at radius 1 is 1.36 bits per heavy atom. The number of nitrogens with zero attached hydrogens (tertiary/aromatic N) is 1. The SMILES string of the molecule is CC1CCC(=O)CC1N(C)C(C)(C)C. The molecule has 0 aliphatic heterocycles. The van der Waals surface area contributed by atoms with E-state index >= 15 is 0 Å². The third-order valence-electron chi connectivity index (χ3n) is 3.53. The Kier molecular flexibility index (Phi) is 3.36. The van der Waals surface area contributed by atoms with Crippen LogP contribution in [0.5, 0.6) is 0 Å². The Labute approximate surface area is 87.7 Å². The lowest BCUT2D eigenvalue weighted by atomic mass is 9.82. The van der Waals surface area contributed by atoms with E-state index in [4.69, 9.17) is 0 Å². The third kappa shape index (κ3) is 2.57. The van der Waals surface area contributed by atoms with E-state index in [0.717, 1.165) is 19.3 Å². The van der Waals surface area contributed by atoms with Crippen molar-refractivity contribution in [2.75, 3.05) is 7.05 Å². The second-order valence-electron chi connectivity index (χ2n) is 5.61. The number of hydrogen-bond donors (Lipinski definition) is 0. The summed E-state index contributed by atoms with van der Waals surface area (Å²) in [6.45, 7) is 8.88. The lowest BCUT2D eigenvalue weighted by Gasteiger charge is -2.43. The van der Waals surface area contributed by atoms with Crippen LogP contribution in [0.25, 0.3) is 0 Å². The molecule has 14 heavy (non-hydrogen) atoms. The van der Waals surface area contributed by atoms with E-state index in [2.05, 4.69) is 39.6 Å². The molecule has 0 saturated heterocycles. The van der Waals surface area contributed by atoms with Gasteiger partial charge in [-0.05, 0) is 40.2 Å². The molecule has 2 heteroatoms. The second kappa shape index (κ2) is 4.01. The summed E-state index contributed by atoms with van der Waals surface area (Å²) in [5, 5.41) is 0. The molecule has 2 unspecified atom stereocenters. The standard InChI is InChI=1S/C12H23NO/c1-9-6-7-10(14)8-11(9)13(5)12(2,3)4/h9,11H,6-8H2,1-5H3. The molecule has 0 N–H and O–H groups in total. The van der Waals surface area contributed by atoms with Crippen molar-refractivity contribution in [3.8, 4) is 0 Å². The average Bonchev–Trinajstić information content (AvgIpc) is 2.06. The van der Waals surface area contributed by atoms with Crippen molar-refractivity contribution < 1.29 is 4.79 Å². The van der Waals surface area contributed by atoms with Gasteiger partial charge in [-0.1, -0.05) is 6.92 Å². The van der Waals surface area contributed by atoms with Crippen molar-refractivity contribution in [3.05, 3.63) is 0 Å². The number of ketones is 1. The topological polar surface area (TPSA) is 20.3 Å². The average molecular weight is 197 g/mol. The lowest BCUT2D eigenvalue weighted by molar-refractivity contribution is -0.123. The molecule has 0 heterocycles. The van der Waals surface area contributed by atoms with Gasteiger partial charge in [0.15, 0.2) is 0 Å². The molecule has 82 valence electrons. The van der Waals surface area contributed by atoms with E-state index in [1.165, 1.54) is 0 Å². The maximum Gasteiger partial charge on any atom is 0.134 e. The van der Waals surface area contributed by atoms with Gasteiger partial charge < -0.3 is 0 Å². The van der Waals surface area contributed by atoms with Crippen LogP contribution in [0.3, 0.4) is 0 Å². The van der Waals surface area contributed by atoms with Crippen molar-refractivity contribution in [1.82, 2.24) is 4.90 Å². The summed E-state index contributed by atoms with van der Waals surface area (Å²) in [5.74, 6) is 1.08. The summed E-state index contributed by atoms with van der Waals surface area (Å²) < 4.78 is 0. The molecule has 0 bridgehead atoms. The second-order valence-corrected chi connectivity index (χ2v) is 5.61. The van der Waals surface area contributed by atoms with Gasteiger partial charge in [0.1, 0.15) is 5.78 Å². The maximum absolute atomic E-state index is 11.4. The molecule has 2 nitrogen and oxygen atoms in total. The van der Waals surface area contributed by atoms with Gasteiger partial charge in [-0.2, -0.15) is 0 Å². The Hall–Kier alpha value is -0.370. The minimum atomic E-state index is 0.163. The fraction of sp³-hybridized carbons (Fsp3) is 0.917. The van der Waals surface area contributed by atoms with Gasteiger partial charge in [-0.15, -0.1) is 0 Å². The maximum atomic E-state index is 11.4. The smallest absolute Gasteiger partial charge is 0.134 e. The summed E-state index contributed by atoms with van der Waals surface area (Å²) in [5.41, 5.74) is 0.163. The van der Waals surface area contributed by atoms with Crippen LogP contribution in [0.1, 0.15) is 47.0 Å². The molecular formula is C12H23NO. The van der Waals surface area contributed by atoms with E-state index in [0.29, 0.717) is 17.7 Å². The van der Waals surface area contributed by atoms with Gasteiger partial charge in [0, 0.05) is 24.4 Å². The predicted molar refractivity (Wildman–Crippen MR) is 59.3 cm³/mol. The van der Waals surface area contributed by atoms with Crippen molar-refractivity contribution >= 4 is 5.78 Å². The summed E-state index contributed by atoms with van der Waals surface area (Å²) >= 11 is 0. The van der Waals surface area contributed by atoms with Crippen molar-refractivity contribution in [3.63, 3.8) is 0 Å². The first kappa shape index (κ1) is 11.7. The van der Waals surface area contributed by atoms with Crippen LogP contribution in [0.4, 0.5) is 0 Å². The molecule has 1 fully saturated rings. The molecule has 2 atom stereocenters. The highest BCUT2D eigenvalue weighted by Crippen LogP contribution is 2.29. The minimum absolute atomic E-state index is 0.163. The Morgan fingerprint density at radius 2 is 1.93 bits per heavy atom. The van der Waals surface area contributed by atoms with Crippen molar-refractivity contribution in [1.29, 1.82) is 0 Å². The molecule has 1 aliphatic carbocycles. The number of Topliss-reactive ketones (excluding diaryl/α,β-unsaturated/α-hetero) is 1. The molecular weight excluding hydrogens is 174 g/mol. The predicted octanol–water partition coefficient (Wildman–Crippen LogP) is 2.47. The Balaban J connectivity index is 2.69. The summed E-state index contributed by atoms with van der Waals surface area (Å²) in [6.07, 6.45) is 2.59. The normalized spacial score (nSPS) is 29.7. The molecule has 0 aromatic heterocycles. The molecule has 0 aromatic rings. The van der Waals surface area contributed by atoms with Gasteiger partial charge >= 0.3 is 0 Å². The third-order valence-corrected chi connectivity index (χ3v) is 3.53. The van der Waals surface area contributed by atoms with Gasteiger partial charge in [-0.25, -0.2) is 0 Å².